The van der Waals surface area contributed by atoms with Gasteiger partial charge in [-0.1, -0.05) is 25.5 Å². The SMILES string of the molecule is CCCCC(=O)Nc1ccc2nc(N3CCN(c4cccc(C)c4)CC3)cc(C(=O)O)c2c1. The minimum atomic E-state index is -1.00. The smallest absolute Gasteiger partial charge is 0.336 e. The first-order valence-corrected chi connectivity index (χ1v) is 11.5. The quantitative estimate of drug-likeness (QED) is 0.547. The van der Waals surface area contributed by atoms with E-state index in [1.165, 1.54) is 11.3 Å². The number of pyridine rings is 1. The average molecular weight is 447 g/mol. The number of anilines is 3. The van der Waals surface area contributed by atoms with Gasteiger partial charge in [-0.25, -0.2) is 9.78 Å². The highest BCUT2D eigenvalue weighted by Gasteiger charge is 2.21. The monoisotopic (exact) mass is 446 g/mol. The van der Waals surface area contributed by atoms with Crippen LogP contribution in [0.15, 0.2) is 48.5 Å². The molecule has 1 fully saturated rings. The molecule has 7 nitrogen and oxygen atoms in total. The molecule has 2 N–H and O–H groups in total. The number of aromatic carboxylic acids is 1. The highest BCUT2D eigenvalue weighted by atomic mass is 16.4. The van der Waals surface area contributed by atoms with Crippen LogP contribution in [-0.2, 0) is 4.79 Å². The molecule has 3 aromatic rings. The van der Waals surface area contributed by atoms with E-state index in [2.05, 4.69) is 46.3 Å². The number of piperazine rings is 1. The molecule has 1 aliphatic heterocycles. The van der Waals surface area contributed by atoms with Gasteiger partial charge in [-0.3, -0.25) is 4.79 Å². The van der Waals surface area contributed by atoms with Gasteiger partial charge in [0, 0.05) is 49.4 Å². The molecule has 0 atom stereocenters. The van der Waals surface area contributed by atoms with Crippen molar-refractivity contribution in [3.63, 3.8) is 0 Å². The number of rotatable bonds is 7. The Morgan fingerprint density at radius 2 is 1.79 bits per heavy atom. The summed E-state index contributed by atoms with van der Waals surface area (Å²) in [6, 6.07) is 15.4. The largest absolute Gasteiger partial charge is 0.478 e. The van der Waals surface area contributed by atoms with Crippen molar-refractivity contribution < 1.29 is 14.7 Å². The van der Waals surface area contributed by atoms with Gasteiger partial charge in [0.25, 0.3) is 0 Å². The fourth-order valence-corrected chi connectivity index (χ4v) is 4.21. The number of amides is 1. The molecule has 4 rings (SSSR count). The third-order valence-electron chi connectivity index (χ3n) is 6.04. The van der Waals surface area contributed by atoms with E-state index in [0.29, 0.717) is 28.8 Å². The Labute approximate surface area is 194 Å². The van der Waals surface area contributed by atoms with Crippen molar-refractivity contribution >= 4 is 40.0 Å². The van der Waals surface area contributed by atoms with E-state index in [1.807, 2.05) is 6.92 Å². The van der Waals surface area contributed by atoms with E-state index >= 15 is 0 Å². The number of aryl methyl sites for hydroxylation is 1. The highest BCUT2D eigenvalue weighted by Crippen LogP contribution is 2.27. The van der Waals surface area contributed by atoms with Gasteiger partial charge in [-0.2, -0.15) is 0 Å². The second kappa shape index (κ2) is 9.90. The normalized spacial score (nSPS) is 13.9. The zero-order valence-corrected chi connectivity index (χ0v) is 19.2. The lowest BCUT2D eigenvalue weighted by Crippen LogP contribution is -2.46. The Morgan fingerprint density at radius 3 is 2.48 bits per heavy atom. The fraction of sp³-hybridized carbons (Fsp3) is 0.346. The van der Waals surface area contributed by atoms with Crippen LogP contribution >= 0.6 is 0 Å². The molecule has 2 aromatic carbocycles. The van der Waals surface area contributed by atoms with Crippen LogP contribution in [0.25, 0.3) is 10.9 Å². The molecule has 0 aliphatic carbocycles. The molecule has 0 saturated carbocycles. The Balaban J connectivity index is 1.55. The van der Waals surface area contributed by atoms with Gasteiger partial charge in [0.05, 0.1) is 11.1 Å². The Kier molecular flexibility index (Phi) is 6.77. The number of nitrogens with one attached hydrogen (secondary N) is 1. The molecule has 2 heterocycles. The molecular formula is C26H30N4O3. The first-order chi connectivity index (χ1) is 15.9. The van der Waals surface area contributed by atoms with Crippen LogP contribution in [-0.4, -0.2) is 48.1 Å². The molecule has 7 heteroatoms. The Bertz CT molecular complexity index is 1170. The number of aromatic nitrogens is 1. The van der Waals surface area contributed by atoms with Gasteiger partial charge in [-0.15, -0.1) is 0 Å². The minimum absolute atomic E-state index is 0.0656. The molecular weight excluding hydrogens is 416 g/mol. The maximum absolute atomic E-state index is 12.1. The van der Waals surface area contributed by atoms with Crippen molar-refractivity contribution in [1.82, 2.24) is 4.98 Å². The van der Waals surface area contributed by atoms with Crippen LogP contribution in [0.3, 0.4) is 0 Å². The fourth-order valence-electron chi connectivity index (χ4n) is 4.21. The molecule has 0 bridgehead atoms. The number of hydrogen-bond donors (Lipinski definition) is 2. The molecule has 33 heavy (non-hydrogen) atoms. The number of carboxylic acids is 1. The number of unbranched alkanes of at least 4 members (excludes halogenated alkanes) is 1. The first-order valence-electron chi connectivity index (χ1n) is 11.5. The summed E-state index contributed by atoms with van der Waals surface area (Å²) in [6.07, 6.45) is 2.22. The van der Waals surface area contributed by atoms with E-state index in [1.54, 1.807) is 24.3 Å². The topological polar surface area (TPSA) is 85.8 Å². The second-order valence-corrected chi connectivity index (χ2v) is 8.53. The molecule has 1 aliphatic rings. The molecule has 1 saturated heterocycles. The van der Waals surface area contributed by atoms with Crippen LogP contribution in [0.1, 0.15) is 42.1 Å². The van der Waals surface area contributed by atoms with Crippen molar-refractivity contribution in [2.24, 2.45) is 0 Å². The number of carbonyl (C=O) groups excluding carboxylic acids is 1. The number of carboxylic acid groups (broad SMARTS) is 1. The standard InChI is InChI=1S/C26H30N4O3/c1-3-4-8-25(31)27-19-9-10-23-21(16-19)22(26(32)33)17-24(28-23)30-13-11-29(12-14-30)20-7-5-6-18(2)15-20/h5-7,9-10,15-17H,3-4,8,11-14H2,1-2H3,(H,27,31)(H,32,33). The van der Waals surface area contributed by atoms with Crippen molar-refractivity contribution in [2.75, 3.05) is 41.3 Å². The van der Waals surface area contributed by atoms with Crippen molar-refractivity contribution in [3.05, 3.63) is 59.7 Å². The lowest BCUT2D eigenvalue weighted by molar-refractivity contribution is -0.116. The summed E-state index contributed by atoms with van der Waals surface area (Å²) in [5.74, 6) is -0.399. The molecule has 0 unspecified atom stereocenters. The van der Waals surface area contributed by atoms with E-state index < -0.39 is 5.97 Å². The number of nitrogens with zero attached hydrogens (tertiary/aromatic N) is 3. The van der Waals surface area contributed by atoms with Gasteiger partial charge in [0.1, 0.15) is 5.82 Å². The van der Waals surface area contributed by atoms with Gasteiger partial charge in [0.15, 0.2) is 0 Å². The summed E-state index contributed by atoms with van der Waals surface area (Å²) in [7, 11) is 0. The van der Waals surface area contributed by atoms with E-state index in [0.717, 1.165) is 39.0 Å². The maximum Gasteiger partial charge on any atom is 0.336 e. The molecule has 172 valence electrons. The average Bonchev–Trinajstić information content (AvgIpc) is 2.82. The van der Waals surface area contributed by atoms with E-state index in [4.69, 9.17) is 4.98 Å². The van der Waals surface area contributed by atoms with E-state index in [9.17, 15) is 14.7 Å². The van der Waals surface area contributed by atoms with Crippen LogP contribution in [0.2, 0.25) is 0 Å². The summed E-state index contributed by atoms with van der Waals surface area (Å²) in [5.41, 5.74) is 3.84. The maximum atomic E-state index is 12.1. The zero-order chi connectivity index (χ0) is 23.4. The number of benzene rings is 2. The summed E-state index contributed by atoms with van der Waals surface area (Å²) in [4.78, 5) is 33.4. The third kappa shape index (κ3) is 5.25. The number of hydrogen-bond acceptors (Lipinski definition) is 5. The van der Waals surface area contributed by atoms with Crippen molar-refractivity contribution in [1.29, 1.82) is 0 Å². The van der Waals surface area contributed by atoms with Gasteiger partial charge in [0.2, 0.25) is 5.91 Å². The Hall–Kier alpha value is -3.61. The number of fused-ring (bicyclic) bond motifs is 1. The molecule has 0 radical (unpaired) electrons. The molecule has 1 amide bonds. The van der Waals surface area contributed by atoms with E-state index in [-0.39, 0.29) is 11.5 Å². The van der Waals surface area contributed by atoms with Gasteiger partial charge >= 0.3 is 5.97 Å². The molecule has 1 aromatic heterocycles. The molecule has 0 spiro atoms. The summed E-state index contributed by atoms with van der Waals surface area (Å²) in [5, 5.41) is 13.3. The summed E-state index contributed by atoms with van der Waals surface area (Å²) in [6.45, 7) is 7.33. The van der Waals surface area contributed by atoms with Crippen LogP contribution in [0, 0.1) is 6.92 Å². The van der Waals surface area contributed by atoms with Crippen LogP contribution < -0.4 is 15.1 Å². The lowest BCUT2D eigenvalue weighted by Gasteiger charge is -2.37. The van der Waals surface area contributed by atoms with Crippen molar-refractivity contribution in [3.8, 4) is 0 Å². The van der Waals surface area contributed by atoms with Crippen molar-refractivity contribution in [2.45, 2.75) is 33.1 Å². The minimum Gasteiger partial charge on any atom is -0.478 e. The predicted octanol–water partition coefficient (Wildman–Crippen LogP) is 4.70. The highest BCUT2D eigenvalue weighted by molar-refractivity contribution is 6.05. The van der Waals surface area contributed by atoms with Crippen LogP contribution in [0.4, 0.5) is 17.2 Å². The second-order valence-electron chi connectivity index (χ2n) is 8.53. The summed E-state index contributed by atoms with van der Waals surface area (Å²) < 4.78 is 0. The Morgan fingerprint density at radius 1 is 1.03 bits per heavy atom. The third-order valence-corrected chi connectivity index (χ3v) is 6.04. The summed E-state index contributed by atoms with van der Waals surface area (Å²) >= 11 is 0. The lowest BCUT2D eigenvalue weighted by atomic mass is 10.1. The zero-order valence-electron chi connectivity index (χ0n) is 19.2. The number of carbonyl (C=O) groups is 2. The van der Waals surface area contributed by atoms with Gasteiger partial charge in [-0.05, 0) is 55.3 Å². The van der Waals surface area contributed by atoms with Crippen LogP contribution in [0.5, 0.6) is 0 Å². The predicted molar refractivity (Wildman–Crippen MR) is 132 cm³/mol. The van der Waals surface area contributed by atoms with Gasteiger partial charge < -0.3 is 20.2 Å². The first kappa shape index (κ1) is 22.6.